The first-order chi connectivity index (χ1) is 34.3. The van der Waals surface area contributed by atoms with Gasteiger partial charge in [-0.15, -0.1) is 0 Å². The molecule has 0 spiro atoms. The van der Waals surface area contributed by atoms with Gasteiger partial charge in [-0.05, 0) is 75.1 Å². The second-order valence-corrected chi connectivity index (χ2v) is 21.1. The highest BCUT2D eigenvalue weighted by Crippen LogP contribution is 2.38. The number of aryl methyl sites for hydroxylation is 1. The number of hydrogen-bond acceptors (Lipinski definition) is 8. The van der Waals surface area contributed by atoms with Crippen molar-refractivity contribution in [2.75, 3.05) is 0 Å². The molecule has 0 radical (unpaired) electrons. The molecule has 0 saturated heterocycles. The van der Waals surface area contributed by atoms with E-state index in [4.69, 9.17) is 0 Å². The van der Waals surface area contributed by atoms with Crippen LogP contribution in [-0.2, 0) is 30.5 Å². The van der Waals surface area contributed by atoms with E-state index in [-0.39, 0.29) is 28.7 Å². The van der Waals surface area contributed by atoms with Crippen LogP contribution in [0.3, 0.4) is 0 Å². The maximum absolute atomic E-state index is 10.9. The summed E-state index contributed by atoms with van der Waals surface area (Å²) in [6.45, 7) is 23.4. The lowest BCUT2D eigenvalue weighted by Crippen LogP contribution is -2.33. The van der Waals surface area contributed by atoms with Crippen molar-refractivity contribution in [3.05, 3.63) is 232 Å². The van der Waals surface area contributed by atoms with Gasteiger partial charge in [-0.2, -0.15) is 0 Å². The number of nitrogens with one attached hydrogen (secondary N) is 3. The molecule has 8 nitrogen and oxygen atoms in total. The van der Waals surface area contributed by atoms with Crippen LogP contribution in [0.4, 0.5) is 0 Å². The maximum atomic E-state index is 10.9. The van der Waals surface area contributed by atoms with E-state index in [1.165, 1.54) is 5.56 Å². The summed E-state index contributed by atoms with van der Waals surface area (Å²) >= 11 is 0. The highest BCUT2D eigenvalue weighted by molar-refractivity contribution is 5.49. The van der Waals surface area contributed by atoms with Gasteiger partial charge in [0.1, 0.15) is 17.2 Å². The molecule has 0 amide bonds. The number of phenols is 3. The number of phenolic OH excluding ortho intramolecular Hbond substituents is 3. The van der Waals surface area contributed by atoms with Crippen LogP contribution in [0.15, 0.2) is 176 Å². The number of para-hydroxylation sites is 2. The third-order valence-corrected chi connectivity index (χ3v) is 13.2. The van der Waals surface area contributed by atoms with Crippen molar-refractivity contribution in [1.82, 2.24) is 16.0 Å². The van der Waals surface area contributed by atoms with Crippen LogP contribution in [0.25, 0.3) is 0 Å². The largest absolute Gasteiger partial charge is 0.508 e. The number of aromatic hydroxyl groups is 3. The van der Waals surface area contributed by atoms with Crippen molar-refractivity contribution in [2.45, 2.75) is 136 Å². The van der Waals surface area contributed by atoms with E-state index in [0.29, 0.717) is 36.5 Å². The molecule has 0 fully saturated rings. The molecule has 7 aromatic carbocycles. The van der Waals surface area contributed by atoms with E-state index < -0.39 is 12.2 Å². The molecule has 7 aromatic rings. The first-order valence-electron chi connectivity index (χ1n) is 25.5. The molecule has 0 aliphatic rings. The zero-order chi connectivity index (χ0) is 52.4. The summed E-state index contributed by atoms with van der Waals surface area (Å²) in [7, 11) is 0. The van der Waals surface area contributed by atoms with Crippen LogP contribution in [0.5, 0.6) is 17.2 Å². The van der Waals surface area contributed by atoms with E-state index in [2.05, 4.69) is 90.4 Å². The van der Waals surface area contributed by atoms with Gasteiger partial charge in [-0.25, -0.2) is 0 Å². The fourth-order valence-electron chi connectivity index (χ4n) is 8.72. The van der Waals surface area contributed by atoms with Crippen LogP contribution in [0.1, 0.15) is 149 Å². The first-order valence-corrected chi connectivity index (χ1v) is 25.5. The van der Waals surface area contributed by atoms with E-state index in [1.807, 2.05) is 159 Å². The van der Waals surface area contributed by atoms with Crippen molar-refractivity contribution in [1.29, 1.82) is 0 Å². The molecule has 0 unspecified atom stereocenters. The minimum absolute atomic E-state index is 0.0672. The molecule has 8 N–H and O–H groups in total. The summed E-state index contributed by atoms with van der Waals surface area (Å²) < 4.78 is 0. The highest BCUT2D eigenvalue weighted by Gasteiger charge is 2.27. The Balaban J connectivity index is 0.000000201. The molecule has 72 heavy (non-hydrogen) atoms. The summed E-state index contributed by atoms with van der Waals surface area (Å²) in [5.74, 6) is 1.61. The predicted molar refractivity (Wildman–Crippen MR) is 297 cm³/mol. The second kappa shape index (κ2) is 27.0. The average Bonchev–Trinajstić information content (AvgIpc) is 3.37. The van der Waals surface area contributed by atoms with Gasteiger partial charge >= 0.3 is 0 Å². The monoisotopic (exact) mass is 972 g/mol. The molecular formula is C64H81N3O5. The van der Waals surface area contributed by atoms with E-state index >= 15 is 0 Å². The Hall–Kier alpha value is -6.26. The lowest BCUT2D eigenvalue weighted by Gasteiger charge is -2.28. The minimum Gasteiger partial charge on any atom is -0.508 e. The summed E-state index contributed by atoms with van der Waals surface area (Å²) in [5.41, 5.74) is 9.55. The summed E-state index contributed by atoms with van der Waals surface area (Å²) in [4.78, 5) is 0. The average molecular weight is 972 g/mol. The zero-order valence-electron chi connectivity index (χ0n) is 44.3. The quantitative estimate of drug-likeness (QED) is 0.0452. The summed E-state index contributed by atoms with van der Waals surface area (Å²) in [5, 5.41) is 63.2. The van der Waals surface area contributed by atoms with Gasteiger partial charge in [-0.3, -0.25) is 0 Å². The Kier molecular flexibility index (Phi) is 21.2. The van der Waals surface area contributed by atoms with Gasteiger partial charge in [0.2, 0.25) is 0 Å². The fraction of sp³-hybridized carbons (Fsp3) is 0.344. The molecule has 0 bridgehead atoms. The van der Waals surface area contributed by atoms with Crippen LogP contribution >= 0.6 is 0 Å². The third-order valence-electron chi connectivity index (χ3n) is 13.2. The molecule has 0 aromatic heterocycles. The van der Waals surface area contributed by atoms with Crippen LogP contribution in [-0.4, -0.2) is 31.6 Å². The van der Waals surface area contributed by atoms with E-state index in [0.717, 1.165) is 63.0 Å². The Morgan fingerprint density at radius 1 is 0.444 bits per heavy atom. The Morgan fingerprint density at radius 2 is 0.861 bits per heavy atom. The molecular weight excluding hydrogens is 891 g/mol. The standard InChI is InChI=1S/C22H23NO2.C21H21NO2.C21H37NO/c1-16-9-8-14-19(21(16)24)15-23-20(17-10-4-2-5-11-17)22(25)18-12-6-3-7-13-18;23-19-14-8-7-13-18(19)15-22-20(16-9-3-1-4-10-16)21(24)17-11-5-2-6-12-17;1-10-18(14(2)3)22-13-15-11-16(20(4,5)6)12-17(19(15)23)21(7,8)9/h2-14,20,22-25H,15H2,1H3;1-14,20-24H,15H2;11-12,14,18,22-23H,10,13H2,1-9H3/t20-,22+;20-,21+;18-/m111/s1. The number of hydrogen-bond donors (Lipinski definition) is 8. The van der Waals surface area contributed by atoms with Gasteiger partial charge in [-0.1, -0.05) is 232 Å². The highest BCUT2D eigenvalue weighted by atomic mass is 16.3. The van der Waals surface area contributed by atoms with Crippen molar-refractivity contribution in [3.8, 4) is 17.2 Å². The first kappa shape index (κ1) is 56.7. The Morgan fingerprint density at radius 3 is 1.29 bits per heavy atom. The zero-order valence-corrected chi connectivity index (χ0v) is 44.3. The predicted octanol–water partition coefficient (Wildman–Crippen LogP) is 13.7. The van der Waals surface area contributed by atoms with E-state index in [1.54, 1.807) is 12.1 Å². The Labute approximate surface area is 430 Å². The van der Waals surface area contributed by atoms with Crippen molar-refractivity contribution in [3.63, 3.8) is 0 Å². The molecule has 0 saturated carbocycles. The minimum atomic E-state index is -0.685. The van der Waals surface area contributed by atoms with Gasteiger partial charge in [0.15, 0.2) is 0 Å². The van der Waals surface area contributed by atoms with Crippen LogP contribution < -0.4 is 16.0 Å². The Bertz CT molecular complexity index is 2660. The molecule has 0 aliphatic carbocycles. The topological polar surface area (TPSA) is 137 Å². The summed E-state index contributed by atoms with van der Waals surface area (Å²) in [6.07, 6.45) is -0.265. The van der Waals surface area contributed by atoms with Gasteiger partial charge in [0.05, 0.1) is 24.3 Å². The molecule has 382 valence electrons. The molecule has 0 aliphatic heterocycles. The molecule has 8 heteroatoms. The van der Waals surface area contributed by atoms with Crippen molar-refractivity contribution < 1.29 is 25.5 Å². The van der Waals surface area contributed by atoms with Crippen molar-refractivity contribution >= 4 is 0 Å². The smallest absolute Gasteiger partial charge is 0.123 e. The second-order valence-electron chi connectivity index (χ2n) is 21.1. The lowest BCUT2D eigenvalue weighted by molar-refractivity contribution is 0.127. The lowest BCUT2D eigenvalue weighted by atomic mass is 9.79. The number of benzene rings is 7. The van der Waals surface area contributed by atoms with Gasteiger partial charge < -0.3 is 41.5 Å². The third kappa shape index (κ3) is 16.4. The summed E-state index contributed by atoms with van der Waals surface area (Å²) in [6, 6.07) is 56.2. The van der Waals surface area contributed by atoms with Crippen LogP contribution in [0, 0.1) is 12.8 Å². The van der Waals surface area contributed by atoms with E-state index in [9.17, 15) is 25.5 Å². The molecule has 0 heterocycles. The molecule has 5 atom stereocenters. The van der Waals surface area contributed by atoms with Crippen molar-refractivity contribution in [2.24, 2.45) is 5.92 Å². The van der Waals surface area contributed by atoms with Crippen LogP contribution in [0.2, 0.25) is 0 Å². The number of aliphatic hydroxyl groups excluding tert-OH is 2. The maximum Gasteiger partial charge on any atom is 0.123 e. The number of rotatable bonds is 17. The number of aliphatic hydroxyl groups is 2. The SMILES string of the molecule is CC[C@@H](NCc1cc(C(C)(C)C)cc(C(C)(C)C)c1O)C(C)C.Cc1cccc(CN[C@H](c2ccccc2)[C@@H](O)c2ccccc2)c1O.Oc1ccccc1CN[C@H](c1ccccc1)[C@@H](O)c1ccccc1. The van der Waals surface area contributed by atoms with Gasteiger partial charge in [0, 0.05) is 42.4 Å². The van der Waals surface area contributed by atoms with Gasteiger partial charge in [0.25, 0.3) is 0 Å². The normalized spacial score (nSPS) is 13.7. The molecule has 7 rings (SSSR count). The fourth-order valence-corrected chi connectivity index (χ4v) is 8.72.